The van der Waals surface area contributed by atoms with Crippen LogP contribution >= 0.6 is 0 Å². The summed E-state index contributed by atoms with van der Waals surface area (Å²) in [4.78, 5) is 2.53. The topological polar surface area (TPSA) is 29.3 Å². The zero-order valence-electron chi connectivity index (χ0n) is 9.02. The van der Waals surface area contributed by atoms with E-state index in [1.807, 2.05) is 0 Å². The van der Waals surface area contributed by atoms with Crippen LogP contribution in [0.15, 0.2) is 24.3 Å². The van der Waals surface area contributed by atoms with Crippen LogP contribution in [-0.4, -0.2) is 19.6 Å². The lowest BCUT2D eigenvalue weighted by Crippen LogP contribution is -2.26. The first-order valence-electron chi connectivity index (χ1n) is 5.92. The number of fused-ring (bicyclic) bond motifs is 1. The third-order valence-corrected chi connectivity index (χ3v) is 3.62. The van der Waals surface area contributed by atoms with Gasteiger partial charge in [-0.25, -0.2) is 0 Å². The number of rotatable bonds is 3. The van der Waals surface area contributed by atoms with Gasteiger partial charge in [0.2, 0.25) is 0 Å². The third-order valence-electron chi connectivity index (χ3n) is 3.62. The summed E-state index contributed by atoms with van der Waals surface area (Å²) in [5.74, 6) is 1.51. The van der Waals surface area contributed by atoms with Crippen molar-refractivity contribution in [2.75, 3.05) is 24.5 Å². The molecule has 3 rings (SSSR count). The average Bonchev–Trinajstić information content (AvgIpc) is 3.01. The molecule has 1 unspecified atom stereocenters. The second-order valence-corrected chi connectivity index (χ2v) is 4.84. The number of para-hydroxylation sites is 1. The zero-order valence-corrected chi connectivity index (χ0v) is 9.02. The Morgan fingerprint density at radius 2 is 2.07 bits per heavy atom. The van der Waals surface area contributed by atoms with Crippen LogP contribution < -0.4 is 10.6 Å². The van der Waals surface area contributed by atoms with Crippen molar-refractivity contribution in [1.82, 2.24) is 0 Å². The number of anilines is 1. The van der Waals surface area contributed by atoms with Crippen LogP contribution in [0.3, 0.4) is 0 Å². The number of hydrogen-bond donors (Lipinski definition) is 1. The summed E-state index contributed by atoms with van der Waals surface area (Å²) in [5.41, 5.74) is 8.72. The van der Waals surface area contributed by atoms with Gasteiger partial charge >= 0.3 is 0 Å². The molecule has 1 saturated carbocycles. The van der Waals surface area contributed by atoms with Crippen LogP contribution in [-0.2, 0) is 0 Å². The zero-order chi connectivity index (χ0) is 10.3. The van der Waals surface area contributed by atoms with Gasteiger partial charge in [0.25, 0.3) is 0 Å². The Kier molecular flexibility index (Phi) is 2.17. The van der Waals surface area contributed by atoms with Crippen LogP contribution in [0.25, 0.3) is 0 Å². The van der Waals surface area contributed by atoms with Crippen molar-refractivity contribution < 1.29 is 0 Å². The molecule has 0 spiro atoms. The molecule has 2 heteroatoms. The largest absolute Gasteiger partial charge is 0.370 e. The third kappa shape index (κ3) is 1.63. The lowest BCUT2D eigenvalue weighted by Gasteiger charge is -2.19. The Labute approximate surface area is 91.1 Å². The van der Waals surface area contributed by atoms with Gasteiger partial charge in [-0.3, -0.25) is 0 Å². The van der Waals surface area contributed by atoms with Crippen molar-refractivity contribution in [3.8, 4) is 0 Å². The van der Waals surface area contributed by atoms with Gasteiger partial charge in [-0.15, -0.1) is 0 Å². The molecule has 80 valence electrons. The lowest BCUT2D eigenvalue weighted by molar-refractivity contribution is 0.673. The maximum absolute atomic E-state index is 5.83. The maximum Gasteiger partial charge on any atom is 0.0403 e. The molecule has 2 nitrogen and oxygen atoms in total. The van der Waals surface area contributed by atoms with E-state index < -0.39 is 0 Å². The first-order chi connectivity index (χ1) is 7.38. The fraction of sp³-hybridized carbons (Fsp3) is 0.538. The second kappa shape index (κ2) is 3.53. The fourth-order valence-corrected chi connectivity index (χ4v) is 2.57. The highest BCUT2D eigenvalue weighted by Gasteiger charge is 2.31. The van der Waals surface area contributed by atoms with Gasteiger partial charge in [0, 0.05) is 31.2 Å². The molecule has 0 saturated heterocycles. The van der Waals surface area contributed by atoms with Gasteiger partial charge < -0.3 is 10.6 Å². The van der Waals surface area contributed by atoms with Crippen molar-refractivity contribution in [2.45, 2.75) is 18.8 Å². The number of nitrogens with two attached hydrogens (primary N) is 1. The molecule has 1 atom stereocenters. The van der Waals surface area contributed by atoms with E-state index in [0.29, 0.717) is 5.92 Å². The van der Waals surface area contributed by atoms with Crippen molar-refractivity contribution >= 4 is 5.69 Å². The van der Waals surface area contributed by atoms with E-state index in [0.717, 1.165) is 19.0 Å². The quantitative estimate of drug-likeness (QED) is 0.812. The van der Waals surface area contributed by atoms with E-state index in [2.05, 4.69) is 29.2 Å². The maximum atomic E-state index is 5.83. The standard InChI is InChI=1S/C13H18N2/c14-7-11-9-15(8-10-5-6-10)13-4-2-1-3-12(11)13/h1-4,10-11H,5-9,14H2. The minimum atomic E-state index is 0.556. The summed E-state index contributed by atoms with van der Waals surface area (Å²) in [5, 5.41) is 0. The molecule has 1 aromatic rings. The molecule has 0 aromatic heterocycles. The minimum absolute atomic E-state index is 0.556. The van der Waals surface area contributed by atoms with Gasteiger partial charge in [0.05, 0.1) is 0 Å². The molecule has 1 heterocycles. The first-order valence-corrected chi connectivity index (χ1v) is 5.92. The number of benzene rings is 1. The minimum Gasteiger partial charge on any atom is -0.370 e. The predicted molar refractivity (Wildman–Crippen MR) is 63.2 cm³/mol. The molecule has 1 aromatic carbocycles. The van der Waals surface area contributed by atoms with E-state index in [1.165, 1.54) is 30.6 Å². The molecule has 1 aliphatic carbocycles. The van der Waals surface area contributed by atoms with Crippen molar-refractivity contribution in [1.29, 1.82) is 0 Å². The van der Waals surface area contributed by atoms with E-state index in [4.69, 9.17) is 5.73 Å². The second-order valence-electron chi connectivity index (χ2n) is 4.84. The number of nitrogens with zero attached hydrogens (tertiary/aromatic N) is 1. The average molecular weight is 202 g/mol. The van der Waals surface area contributed by atoms with E-state index in [9.17, 15) is 0 Å². The fourth-order valence-electron chi connectivity index (χ4n) is 2.57. The molecular weight excluding hydrogens is 184 g/mol. The normalized spacial score (nSPS) is 24.3. The van der Waals surface area contributed by atoms with Crippen molar-refractivity contribution in [2.24, 2.45) is 11.7 Å². The summed E-state index contributed by atoms with van der Waals surface area (Å²) in [6.45, 7) is 3.15. The van der Waals surface area contributed by atoms with Crippen LogP contribution in [0.5, 0.6) is 0 Å². The van der Waals surface area contributed by atoms with Crippen LogP contribution in [0, 0.1) is 5.92 Å². The first kappa shape index (κ1) is 9.22. The van der Waals surface area contributed by atoms with Gasteiger partial charge in [0.15, 0.2) is 0 Å². The summed E-state index contributed by atoms with van der Waals surface area (Å²) >= 11 is 0. The highest BCUT2D eigenvalue weighted by molar-refractivity contribution is 5.60. The molecule has 0 radical (unpaired) electrons. The van der Waals surface area contributed by atoms with Crippen LogP contribution in [0.2, 0.25) is 0 Å². The number of hydrogen-bond acceptors (Lipinski definition) is 2. The highest BCUT2D eigenvalue weighted by atomic mass is 15.2. The van der Waals surface area contributed by atoms with Crippen molar-refractivity contribution in [3.63, 3.8) is 0 Å². The Morgan fingerprint density at radius 3 is 2.80 bits per heavy atom. The lowest BCUT2D eigenvalue weighted by atomic mass is 10.0. The molecule has 1 fully saturated rings. The van der Waals surface area contributed by atoms with Gasteiger partial charge in [-0.1, -0.05) is 18.2 Å². The molecular formula is C13H18N2. The van der Waals surface area contributed by atoms with E-state index in [-0.39, 0.29) is 0 Å². The molecule has 2 N–H and O–H groups in total. The Balaban J connectivity index is 1.87. The smallest absolute Gasteiger partial charge is 0.0403 e. The van der Waals surface area contributed by atoms with Gasteiger partial charge in [0.1, 0.15) is 0 Å². The van der Waals surface area contributed by atoms with Crippen LogP contribution in [0.1, 0.15) is 24.3 Å². The predicted octanol–water partition coefficient (Wildman–Crippen LogP) is 1.96. The van der Waals surface area contributed by atoms with Crippen LogP contribution in [0.4, 0.5) is 5.69 Å². The Morgan fingerprint density at radius 1 is 1.27 bits per heavy atom. The van der Waals surface area contributed by atoms with Gasteiger partial charge in [-0.2, -0.15) is 0 Å². The van der Waals surface area contributed by atoms with E-state index >= 15 is 0 Å². The summed E-state index contributed by atoms with van der Waals surface area (Å²) in [6.07, 6.45) is 2.85. The Bertz CT molecular complexity index is 357. The molecule has 0 bridgehead atoms. The Hall–Kier alpha value is -1.02. The molecule has 15 heavy (non-hydrogen) atoms. The molecule has 0 amide bonds. The molecule has 2 aliphatic rings. The summed E-state index contributed by atoms with van der Waals surface area (Å²) < 4.78 is 0. The van der Waals surface area contributed by atoms with E-state index in [1.54, 1.807) is 0 Å². The van der Waals surface area contributed by atoms with Crippen molar-refractivity contribution in [3.05, 3.63) is 29.8 Å². The molecule has 1 aliphatic heterocycles. The highest BCUT2D eigenvalue weighted by Crippen LogP contribution is 2.39. The summed E-state index contributed by atoms with van der Waals surface area (Å²) in [6, 6.07) is 8.74. The summed E-state index contributed by atoms with van der Waals surface area (Å²) in [7, 11) is 0. The SMILES string of the molecule is NCC1CN(CC2CC2)c2ccccc21. The van der Waals surface area contributed by atoms with Gasteiger partial charge in [-0.05, 0) is 30.4 Å². The monoisotopic (exact) mass is 202 g/mol.